The number of carbonyl (C=O) groups is 2. The number of benzene rings is 1. The summed E-state index contributed by atoms with van der Waals surface area (Å²) in [6, 6.07) is 8.59. The lowest BCUT2D eigenvalue weighted by atomic mass is 9.84. The molecule has 6 nitrogen and oxygen atoms in total. The van der Waals surface area contributed by atoms with Crippen molar-refractivity contribution < 1.29 is 9.59 Å². The van der Waals surface area contributed by atoms with Crippen molar-refractivity contribution in [1.29, 1.82) is 0 Å². The number of aryl methyl sites for hydroxylation is 1. The number of guanidine groups is 1. The van der Waals surface area contributed by atoms with E-state index in [-0.39, 0.29) is 64.9 Å². The Labute approximate surface area is 202 Å². The lowest BCUT2D eigenvalue weighted by molar-refractivity contribution is -0.140. The van der Waals surface area contributed by atoms with Crippen LogP contribution in [0.1, 0.15) is 31.4 Å². The molecule has 2 amide bonds. The normalized spacial score (nSPS) is 26.8. The zero-order chi connectivity index (χ0) is 21.5. The van der Waals surface area contributed by atoms with E-state index < -0.39 is 0 Å². The standard InChI is InChI=1S/C24H32N4O2.HI/c1-15-5-9-18(10-6-15)24(2,3)14-27-23(25-4)26-11-12-28-21(29)19-16-7-8-17(13-16)20(19)22(28)30;/h5-10,16-17,19-20H,11-14H2,1-4H3,(H2,25,26,27);1H. The number of nitrogens with one attached hydrogen (secondary N) is 2. The molecule has 2 N–H and O–H groups in total. The molecule has 1 aliphatic heterocycles. The summed E-state index contributed by atoms with van der Waals surface area (Å²) in [7, 11) is 1.73. The predicted molar refractivity (Wildman–Crippen MR) is 133 cm³/mol. The van der Waals surface area contributed by atoms with Crippen LogP contribution >= 0.6 is 24.0 Å². The zero-order valence-electron chi connectivity index (χ0n) is 18.7. The highest BCUT2D eigenvalue weighted by Gasteiger charge is 2.58. The van der Waals surface area contributed by atoms with Crippen molar-refractivity contribution in [3.63, 3.8) is 0 Å². The van der Waals surface area contributed by atoms with Gasteiger partial charge in [-0.2, -0.15) is 0 Å². The Bertz CT molecular complexity index is 863. The molecule has 1 aromatic rings. The molecular weight excluding hydrogens is 503 g/mol. The van der Waals surface area contributed by atoms with E-state index in [0.717, 1.165) is 13.0 Å². The second-order valence-electron chi connectivity index (χ2n) is 9.43. The first-order chi connectivity index (χ1) is 14.3. The van der Waals surface area contributed by atoms with E-state index in [1.807, 2.05) is 0 Å². The monoisotopic (exact) mass is 536 g/mol. The topological polar surface area (TPSA) is 73.8 Å². The van der Waals surface area contributed by atoms with Crippen molar-refractivity contribution in [1.82, 2.24) is 15.5 Å². The summed E-state index contributed by atoms with van der Waals surface area (Å²) in [6.07, 6.45) is 5.22. The quantitative estimate of drug-likeness (QED) is 0.193. The smallest absolute Gasteiger partial charge is 0.233 e. The maximum absolute atomic E-state index is 12.8. The molecule has 0 spiro atoms. The fourth-order valence-electron chi connectivity index (χ4n) is 5.10. The van der Waals surface area contributed by atoms with Gasteiger partial charge in [0.25, 0.3) is 0 Å². The van der Waals surface area contributed by atoms with Crippen molar-refractivity contribution in [3.8, 4) is 0 Å². The van der Waals surface area contributed by atoms with Crippen molar-refractivity contribution in [2.24, 2.45) is 28.7 Å². The molecule has 1 saturated heterocycles. The summed E-state index contributed by atoms with van der Waals surface area (Å²) in [6.45, 7) is 8.07. The average molecular weight is 536 g/mol. The van der Waals surface area contributed by atoms with Crippen LogP contribution in [0.2, 0.25) is 0 Å². The van der Waals surface area contributed by atoms with Gasteiger partial charge in [-0.25, -0.2) is 0 Å². The van der Waals surface area contributed by atoms with Gasteiger partial charge in [0.15, 0.2) is 5.96 Å². The first-order valence-electron chi connectivity index (χ1n) is 10.9. The summed E-state index contributed by atoms with van der Waals surface area (Å²) >= 11 is 0. The average Bonchev–Trinajstić information content (AvgIpc) is 3.40. The van der Waals surface area contributed by atoms with E-state index in [1.54, 1.807) is 7.05 Å². The molecule has 7 heteroatoms. The molecule has 31 heavy (non-hydrogen) atoms. The highest BCUT2D eigenvalue weighted by Crippen LogP contribution is 2.52. The van der Waals surface area contributed by atoms with Gasteiger partial charge in [-0.15, -0.1) is 24.0 Å². The van der Waals surface area contributed by atoms with Crippen LogP contribution in [0.25, 0.3) is 0 Å². The van der Waals surface area contributed by atoms with Crippen LogP contribution in [-0.4, -0.2) is 49.4 Å². The highest BCUT2D eigenvalue weighted by atomic mass is 127. The van der Waals surface area contributed by atoms with Gasteiger partial charge >= 0.3 is 0 Å². The molecule has 4 unspecified atom stereocenters. The number of likely N-dealkylation sites (tertiary alicyclic amines) is 1. The number of halogens is 1. The zero-order valence-corrected chi connectivity index (χ0v) is 21.1. The van der Waals surface area contributed by atoms with E-state index in [2.05, 4.69) is 72.8 Å². The van der Waals surface area contributed by atoms with Crippen LogP contribution in [0.15, 0.2) is 41.4 Å². The van der Waals surface area contributed by atoms with Gasteiger partial charge in [-0.05, 0) is 30.7 Å². The fraction of sp³-hybridized carbons (Fsp3) is 0.542. The Kier molecular flexibility index (Phi) is 7.13. The second kappa shape index (κ2) is 9.30. The first-order valence-corrected chi connectivity index (χ1v) is 10.9. The van der Waals surface area contributed by atoms with Crippen LogP contribution in [0.4, 0.5) is 0 Å². The number of amides is 2. The number of hydrogen-bond donors (Lipinski definition) is 2. The fourth-order valence-corrected chi connectivity index (χ4v) is 5.10. The van der Waals surface area contributed by atoms with E-state index in [9.17, 15) is 9.59 Å². The molecule has 0 aromatic heterocycles. The molecule has 0 radical (unpaired) electrons. The Balaban J connectivity index is 0.00000272. The molecule has 1 saturated carbocycles. The minimum atomic E-state index is -0.125. The third-order valence-electron chi connectivity index (χ3n) is 6.94. The number of imide groups is 1. The third kappa shape index (κ3) is 4.52. The Morgan fingerprint density at radius 3 is 2.19 bits per heavy atom. The number of carbonyl (C=O) groups excluding carboxylic acids is 2. The molecule has 2 bridgehead atoms. The van der Waals surface area contributed by atoms with Crippen LogP contribution in [-0.2, 0) is 15.0 Å². The lowest BCUT2D eigenvalue weighted by Gasteiger charge is -2.27. The maximum Gasteiger partial charge on any atom is 0.233 e. The molecule has 168 valence electrons. The van der Waals surface area contributed by atoms with Crippen molar-refractivity contribution >= 4 is 41.8 Å². The Morgan fingerprint density at radius 2 is 1.65 bits per heavy atom. The molecule has 1 heterocycles. The minimum Gasteiger partial charge on any atom is -0.356 e. The van der Waals surface area contributed by atoms with Crippen molar-refractivity contribution in [3.05, 3.63) is 47.5 Å². The van der Waals surface area contributed by atoms with Gasteiger partial charge in [-0.1, -0.05) is 55.8 Å². The summed E-state index contributed by atoms with van der Waals surface area (Å²) in [5.74, 6) is 0.955. The summed E-state index contributed by atoms with van der Waals surface area (Å²) in [5.41, 5.74) is 2.45. The molecule has 1 aromatic carbocycles. The lowest BCUT2D eigenvalue weighted by Crippen LogP contribution is -2.46. The van der Waals surface area contributed by atoms with E-state index in [1.165, 1.54) is 16.0 Å². The van der Waals surface area contributed by atoms with Crippen LogP contribution in [0, 0.1) is 30.6 Å². The second-order valence-corrected chi connectivity index (χ2v) is 9.43. The van der Waals surface area contributed by atoms with Gasteiger partial charge in [-0.3, -0.25) is 19.5 Å². The summed E-state index contributed by atoms with van der Waals surface area (Å²) in [5, 5.41) is 6.63. The highest BCUT2D eigenvalue weighted by molar-refractivity contribution is 14.0. The summed E-state index contributed by atoms with van der Waals surface area (Å²) < 4.78 is 0. The number of fused-ring (bicyclic) bond motifs is 5. The molecule has 2 aliphatic carbocycles. The molecule has 4 atom stereocenters. The molecule has 2 fully saturated rings. The van der Waals surface area contributed by atoms with Crippen LogP contribution in [0.5, 0.6) is 0 Å². The van der Waals surface area contributed by atoms with Gasteiger partial charge in [0.2, 0.25) is 11.8 Å². The van der Waals surface area contributed by atoms with Crippen molar-refractivity contribution in [2.45, 2.75) is 32.6 Å². The van der Waals surface area contributed by atoms with E-state index in [0.29, 0.717) is 19.0 Å². The SMILES string of the molecule is CN=C(NCCN1C(=O)C2C3C=CC(C3)C2C1=O)NCC(C)(C)c1ccc(C)cc1.I. The van der Waals surface area contributed by atoms with Gasteiger partial charge < -0.3 is 10.6 Å². The minimum absolute atomic E-state index is 0. The maximum atomic E-state index is 12.8. The number of rotatable bonds is 6. The molecular formula is C24H33IN4O2. The summed E-state index contributed by atoms with van der Waals surface area (Å²) in [4.78, 5) is 31.3. The largest absolute Gasteiger partial charge is 0.356 e. The Morgan fingerprint density at radius 1 is 1.06 bits per heavy atom. The predicted octanol–water partition coefficient (Wildman–Crippen LogP) is 2.86. The number of nitrogens with zero attached hydrogens (tertiary/aromatic N) is 2. The van der Waals surface area contributed by atoms with Crippen molar-refractivity contribution in [2.75, 3.05) is 26.7 Å². The van der Waals surface area contributed by atoms with E-state index >= 15 is 0 Å². The van der Waals surface area contributed by atoms with Gasteiger partial charge in [0.1, 0.15) is 0 Å². The van der Waals surface area contributed by atoms with Crippen LogP contribution < -0.4 is 10.6 Å². The van der Waals surface area contributed by atoms with Gasteiger partial charge in [0.05, 0.1) is 11.8 Å². The molecule has 3 aliphatic rings. The number of allylic oxidation sites excluding steroid dienone is 2. The Hall–Kier alpha value is -1.90. The number of aliphatic imine (C=N–C) groups is 1. The van der Waals surface area contributed by atoms with E-state index in [4.69, 9.17) is 0 Å². The number of hydrogen-bond acceptors (Lipinski definition) is 3. The van der Waals surface area contributed by atoms with Crippen LogP contribution in [0.3, 0.4) is 0 Å². The van der Waals surface area contributed by atoms with Gasteiger partial charge in [0, 0.05) is 32.1 Å². The first kappa shape index (κ1) is 23.8. The third-order valence-corrected chi connectivity index (χ3v) is 6.94. The molecule has 4 rings (SSSR count).